The van der Waals surface area contributed by atoms with Gasteiger partial charge in [0.2, 0.25) is 11.8 Å². The van der Waals surface area contributed by atoms with Gasteiger partial charge in [-0.15, -0.1) is 24.0 Å². The van der Waals surface area contributed by atoms with Crippen molar-refractivity contribution in [2.24, 2.45) is 12.0 Å². The van der Waals surface area contributed by atoms with E-state index in [0.717, 1.165) is 12.1 Å². The summed E-state index contributed by atoms with van der Waals surface area (Å²) in [6, 6.07) is 0. The van der Waals surface area contributed by atoms with Crippen molar-refractivity contribution < 1.29 is 9.32 Å². The van der Waals surface area contributed by atoms with E-state index in [0.29, 0.717) is 43.7 Å². The quantitative estimate of drug-likeness (QED) is 0.370. The zero-order chi connectivity index (χ0) is 18.5. The summed E-state index contributed by atoms with van der Waals surface area (Å²) >= 11 is 0. The molecule has 0 aromatic carbocycles. The number of anilines is 1. The van der Waals surface area contributed by atoms with Crippen LogP contribution in [0.15, 0.2) is 21.9 Å². The number of nitrogens with one attached hydrogen (secondary N) is 1. The van der Waals surface area contributed by atoms with Gasteiger partial charge in [0.1, 0.15) is 6.54 Å². The van der Waals surface area contributed by atoms with E-state index in [9.17, 15) is 4.79 Å². The molecule has 0 bridgehead atoms. The topological polar surface area (TPSA) is 105 Å². The molecule has 10 nitrogen and oxygen atoms in total. The Hall–Kier alpha value is -2.18. The van der Waals surface area contributed by atoms with Crippen molar-refractivity contribution in [2.75, 3.05) is 38.1 Å². The summed E-state index contributed by atoms with van der Waals surface area (Å²) in [6.45, 7) is 4.15. The molecule has 1 N–H and O–H groups in total. The lowest BCUT2D eigenvalue weighted by molar-refractivity contribution is -0.120. The average molecular weight is 488 g/mol. The van der Waals surface area contributed by atoms with Gasteiger partial charge < -0.3 is 19.6 Å². The van der Waals surface area contributed by atoms with Gasteiger partial charge in [-0.25, -0.2) is 0 Å². The van der Waals surface area contributed by atoms with Crippen molar-refractivity contribution in [1.82, 2.24) is 30.1 Å². The highest BCUT2D eigenvalue weighted by Crippen LogP contribution is 2.16. The number of piperazine rings is 1. The van der Waals surface area contributed by atoms with E-state index < -0.39 is 0 Å². The lowest BCUT2D eigenvalue weighted by atomic mass is 10.3. The van der Waals surface area contributed by atoms with Gasteiger partial charge in [-0.1, -0.05) is 12.1 Å². The van der Waals surface area contributed by atoms with Crippen LogP contribution in [-0.4, -0.2) is 69.9 Å². The highest BCUT2D eigenvalue weighted by molar-refractivity contribution is 14.0. The summed E-state index contributed by atoms with van der Waals surface area (Å²) in [5.41, 5.74) is 0.823. The highest BCUT2D eigenvalue weighted by Gasteiger charge is 2.27. The third-order valence-corrected chi connectivity index (χ3v) is 4.18. The summed E-state index contributed by atoms with van der Waals surface area (Å²) < 4.78 is 6.79. The Morgan fingerprint density at radius 2 is 2.22 bits per heavy atom. The fraction of sp³-hybridized carbons (Fsp3) is 0.562. The first kappa shape index (κ1) is 21.1. The van der Waals surface area contributed by atoms with Crippen molar-refractivity contribution in [3.05, 3.63) is 24.1 Å². The smallest absolute Gasteiger partial charge is 0.246 e. The van der Waals surface area contributed by atoms with E-state index in [1.54, 1.807) is 22.8 Å². The first-order valence-corrected chi connectivity index (χ1v) is 8.66. The van der Waals surface area contributed by atoms with E-state index in [-0.39, 0.29) is 36.4 Å². The second-order valence-electron chi connectivity index (χ2n) is 6.02. The fourth-order valence-electron chi connectivity index (χ4n) is 2.83. The molecule has 1 amide bonds. The number of carbonyl (C=O) groups excluding carboxylic acids is 1. The van der Waals surface area contributed by atoms with Gasteiger partial charge in [-0.05, 0) is 0 Å². The Bertz CT molecular complexity index is 787. The van der Waals surface area contributed by atoms with Crippen molar-refractivity contribution in [2.45, 2.75) is 19.8 Å². The predicted molar refractivity (Wildman–Crippen MR) is 111 cm³/mol. The molecule has 148 valence electrons. The Kier molecular flexibility index (Phi) is 7.56. The zero-order valence-corrected chi connectivity index (χ0v) is 18.1. The molecule has 1 aliphatic heterocycles. The molecule has 0 atom stereocenters. The van der Waals surface area contributed by atoms with Crippen LogP contribution < -0.4 is 10.2 Å². The number of aryl methyl sites for hydroxylation is 2. The molecule has 0 aliphatic carbocycles. The normalized spacial score (nSPS) is 15.1. The molecule has 1 fully saturated rings. The summed E-state index contributed by atoms with van der Waals surface area (Å²) in [7, 11) is 3.55. The predicted octanol–water partition coefficient (Wildman–Crippen LogP) is 0.450. The standard InChI is InChI=1S/C16H24N8O2.HI/c1-4-14-20-13(21-26-14)5-6-18-16(17-2)23-7-8-24(15(25)11-23)12-9-19-22(3)10-12;/h9-10H,4-8,11H2,1-3H3,(H,17,18);1H. The first-order chi connectivity index (χ1) is 12.6. The number of hydrogen-bond donors (Lipinski definition) is 1. The minimum Gasteiger partial charge on any atom is -0.356 e. The third-order valence-electron chi connectivity index (χ3n) is 4.18. The van der Waals surface area contributed by atoms with Crippen LogP contribution in [-0.2, 0) is 24.7 Å². The molecule has 3 heterocycles. The summed E-state index contributed by atoms with van der Waals surface area (Å²) in [5.74, 6) is 2.03. The molecule has 0 spiro atoms. The number of rotatable bonds is 5. The number of amides is 1. The van der Waals surface area contributed by atoms with Crippen LogP contribution >= 0.6 is 24.0 Å². The molecular weight excluding hydrogens is 463 g/mol. The van der Waals surface area contributed by atoms with Crippen molar-refractivity contribution in [3.8, 4) is 0 Å². The van der Waals surface area contributed by atoms with Gasteiger partial charge in [0, 0.05) is 52.8 Å². The van der Waals surface area contributed by atoms with Crippen LogP contribution in [0.1, 0.15) is 18.6 Å². The van der Waals surface area contributed by atoms with Gasteiger partial charge in [-0.3, -0.25) is 14.5 Å². The van der Waals surface area contributed by atoms with Crippen molar-refractivity contribution in [1.29, 1.82) is 0 Å². The van der Waals surface area contributed by atoms with Crippen LogP contribution in [0, 0.1) is 0 Å². The van der Waals surface area contributed by atoms with E-state index >= 15 is 0 Å². The molecular formula is C16H25IN8O2. The number of nitrogens with zero attached hydrogens (tertiary/aromatic N) is 7. The van der Waals surface area contributed by atoms with E-state index in [2.05, 4.69) is 25.5 Å². The van der Waals surface area contributed by atoms with Crippen LogP contribution in [0.2, 0.25) is 0 Å². The molecule has 1 aliphatic rings. The van der Waals surface area contributed by atoms with Crippen molar-refractivity contribution >= 4 is 41.5 Å². The number of aromatic nitrogens is 4. The minimum absolute atomic E-state index is 0. The number of hydrogen-bond acceptors (Lipinski definition) is 6. The number of halogens is 1. The number of aliphatic imine (C=N–C) groups is 1. The molecule has 2 aromatic heterocycles. The van der Waals surface area contributed by atoms with Crippen LogP contribution in [0.25, 0.3) is 0 Å². The molecule has 3 rings (SSSR count). The lowest BCUT2D eigenvalue weighted by Crippen LogP contribution is -2.55. The summed E-state index contributed by atoms with van der Waals surface area (Å²) in [5, 5.41) is 11.3. The van der Waals surface area contributed by atoms with Gasteiger partial charge in [-0.2, -0.15) is 10.1 Å². The van der Waals surface area contributed by atoms with Gasteiger partial charge in [0.25, 0.3) is 0 Å². The summed E-state index contributed by atoms with van der Waals surface area (Å²) in [4.78, 5) is 24.8. The molecule has 0 saturated carbocycles. The van der Waals surface area contributed by atoms with Crippen molar-refractivity contribution in [3.63, 3.8) is 0 Å². The maximum absolute atomic E-state index is 12.5. The Labute approximate surface area is 175 Å². The maximum atomic E-state index is 12.5. The van der Waals surface area contributed by atoms with Crippen LogP contribution in [0.5, 0.6) is 0 Å². The van der Waals surface area contributed by atoms with E-state index in [1.165, 1.54) is 0 Å². The number of carbonyl (C=O) groups is 1. The van der Waals surface area contributed by atoms with Crippen LogP contribution in [0.3, 0.4) is 0 Å². The molecule has 0 unspecified atom stereocenters. The second-order valence-corrected chi connectivity index (χ2v) is 6.02. The lowest BCUT2D eigenvalue weighted by Gasteiger charge is -2.35. The molecule has 11 heteroatoms. The largest absolute Gasteiger partial charge is 0.356 e. The summed E-state index contributed by atoms with van der Waals surface area (Å²) in [6.07, 6.45) is 4.91. The Balaban J connectivity index is 0.00000261. The van der Waals surface area contributed by atoms with E-state index in [4.69, 9.17) is 4.52 Å². The van der Waals surface area contributed by atoms with Crippen LogP contribution in [0.4, 0.5) is 5.69 Å². The van der Waals surface area contributed by atoms with Gasteiger partial charge >= 0.3 is 0 Å². The molecule has 27 heavy (non-hydrogen) atoms. The second kappa shape index (κ2) is 9.67. The molecule has 2 aromatic rings. The van der Waals surface area contributed by atoms with E-state index in [1.807, 2.05) is 25.1 Å². The third kappa shape index (κ3) is 5.17. The van der Waals surface area contributed by atoms with Gasteiger partial charge in [0.15, 0.2) is 11.8 Å². The molecule has 1 saturated heterocycles. The van der Waals surface area contributed by atoms with Gasteiger partial charge in [0.05, 0.1) is 11.9 Å². The minimum atomic E-state index is 0. The average Bonchev–Trinajstić information content (AvgIpc) is 3.27. The highest BCUT2D eigenvalue weighted by atomic mass is 127. The maximum Gasteiger partial charge on any atom is 0.246 e. The first-order valence-electron chi connectivity index (χ1n) is 8.66. The fourth-order valence-corrected chi connectivity index (χ4v) is 2.83. The Morgan fingerprint density at radius 1 is 1.41 bits per heavy atom. The molecule has 0 radical (unpaired) electrons. The zero-order valence-electron chi connectivity index (χ0n) is 15.8. The monoisotopic (exact) mass is 488 g/mol. The SMILES string of the molecule is CCc1nc(CCNC(=NC)N2CCN(c3cnn(C)c3)C(=O)C2)no1.I. The number of guanidine groups is 1. The Morgan fingerprint density at radius 3 is 2.81 bits per heavy atom.